The third-order valence-corrected chi connectivity index (χ3v) is 3.73. The Hall–Kier alpha value is -3.32. The molecule has 0 aliphatic carbocycles. The van der Waals surface area contributed by atoms with Crippen molar-refractivity contribution in [1.82, 2.24) is 10.2 Å². The van der Waals surface area contributed by atoms with Gasteiger partial charge >= 0.3 is 0 Å². The molecular weight excluding hydrogens is 368 g/mol. The summed E-state index contributed by atoms with van der Waals surface area (Å²) >= 11 is 5.85. The largest absolute Gasteiger partial charge is 0.493 e. The van der Waals surface area contributed by atoms with Crippen molar-refractivity contribution in [3.8, 4) is 11.5 Å². The van der Waals surface area contributed by atoms with Crippen molar-refractivity contribution in [2.24, 2.45) is 0 Å². The third kappa shape index (κ3) is 5.32. The first-order chi connectivity index (χ1) is 13.1. The summed E-state index contributed by atoms with van der Waals surface area (Å²) < 4.78 is 10.6. The van der Waals surface area contributed by atoms with Crippen LogP contribution in [0.2, 0.25) is 5.02 Å². The molecular formula is C19H17ClN4O3. The predicted octanol–water partition coefficient (Wildman–Crippen LogP) is 3.90. The Kier molecular flexibility index (Phi) is 6.06. The monoisotopic (exact) mass is 384 g/mol. The van der Waals surface area contributed by atoms with Crippen LogP contribution >= 0.6 is 11.6 Å². The van der Waals surface area contributed by atoms with E-state index in [2.05, 4.69) is 20.8 Å². The van der Waals surface area contributed by atoms with Crippen LogP contribution in [0.15, 0.2) is 60.7 Å². The Labute approximate surface area is 161 Å². The quantitative estimate of drug-likeness (QED) is 0.642. The van der Waals surface area contributed by atoms with Gasteiger partial charge in [-0.15, -0.1) is 10.2 Å². The number of benzene rings is 2. The molecule has 0 saturated carbocycles. The van der Waals surface area contributed by atoms with Crippen LogP contribution in [0.4, 0.5) is 17.3 Å². The number of anilines is 3. The minimum Gasteiger partial charge on any atom is -0.493 e. The number of halogens is 1. The smallest absolute Gasteiger partial charge is 0.263 e. The summed E-state index contributed by atoms with van der Waals surface area (Å²) in [5, 5.41) is 14.4. The van der Waals surface area contributed by atoms with Crippen molar-refractivity contribution >= 4 is 34.8 Å². The van der Waals surface area contributed by atoms with Crippen LogP contribution < -0.4 is 20.1 Å². The fourth-order valence-electron chi connectivity index (χ4n) is 2.21. The van der Waals surface area contributed by atoms with E-state index in [1.807, 2.05) is 18.2 Å². The molecule has 0 aliphatic rings. The molecule has 0 atom stereocenters. The lowest BCUT2D eigenvalue weighted by Crippen LogP contribution is -2.21. The SMILES string of the molecule is COc1ccccc1OCC(=O)Nc1ccc(Nc2ccc(Cl)cc2)nn1. The molecule has 0 saturated heterocycles. The number of carbonyl (C=O) groups excluding carboxylic acids is 1. The molecule has 27 heavy (non-hydrogen) atoms. The average Bonchev–Trinajstić information content (AvgIpc) is 2.70. The minimum atomic E-state index is -0.353. The first kappa shape index (κ1) is 18.5. The number of amides is 1. The number of hydrogen-bond acceptors (Lipinski definition) is 6. The molecule has 0 aliphatic heterocycles. The molecule has 8 heteroatoms. The highest BCUT2D eigenvalue weighted by Crippen LogP contribution is 2.25. The van der Waals surface area contributed by atoms with Crippen LogP contribution in [0.5, 0.6) is 11.5 Å². The van der Waals surface area contributed by atoms with E-state index in [1.54, 1.807) is 42.5 Å². The fourth-order valence-corrected chi connectivity index (χ4v) is 2.33. The molecule has 3 aromatic rings. The van der Waals surface area contributed by atoms with Crippen molar-refractivity contribution in [1.29, 1.82) is 0 Å². The van der Waals surface area contributed by atoms with Crippen molar-refractivity contribution in [2.75, 3.05) is 24.4 Å². The molecule has 138 valence electrons. The Morgan fingerprint density at radius 1 is 0.963 bits per heavy atom. The number of para-hydroxylation sites is 2. The Balaban J connectivity index is 1.53. The summed E-state index contributed by atoms with van der Waals surface area (Å²) in [6.07, 6.45) is 0. The van der Waals surface area contributed by atoms with Crippen LogP contribution in [0.1, 0.15) is 0 Å². The molecule has 0 fully saturated rings. The lowest BCUT2D eigenvalue weighted by molar-refractivity contribution is -0.118. The highest BCUT2D eigenvalue weighted by atomic mass is 35.5. The second-order valence-corrected chi connectivity index (χ2v) is 5.86. The first-order valence-corrected chi connectivity index (χ1v) is 8.44. The van der Waals surface area contributed by atoms with Gasteiger partial charge in [-0.2, -0.15) is 0 Å². The zero-order chi connectivity index (χ0) is 19.1. The van der Waals surface area contributed by atoms with Crippen molar-refractivity contribution in [3.63, 3.8) is 0 Å². The van der Waals surface area contributed by atoms with Gasteiger partial charge in [0.05, 0.1) is 7.11 Å². The van der Waals surface area contributed by atoms with E-state index in [-0.39, 0.29) is 12.5 Å². The van der Waals surface area contributed by atoms with Gasteiger partial charge in [-0.25, -0.2) is 0 Å². The lowest BCUT2D eigenvalue weighted by Gasteiger charge is -2.10. The second-order valence-electron chi connectivity index (χ2n) is 5.42. The Bertz CT molecular complexity index is 902. The molecule has 1 aromatic heterocycles. The van der Waals surface area contributed by atoms with Gasteiger partial charge in [0.1, 0.15) is 0 Å². The predicted molar refractivity (Wildman–Crippen MR) is 104 cm³/mol. The van der Waals surface area contributed by atoms with Gasteiger partial charge in [0.25, 0.3) is 5.91 Å². The number of rotatable bonds is 7. The molecule has 3 rings (SSSR count). The number of hydrogen-bond donors (Lipinski definition) is 2. The van der Waals surface area contributed by atoms with Crippen LogP contribution in [0.25, 0.3) is 0 Å². The van der Waals surface area contributed by atoms with E-state index in [1.165, 1.54) is 7.11 Å². The van der Waals surface area contributed by atoms with Gasteiger partial charge in [0.15, 0.2) is 29.7 Å². The number of methoxy groups -OCH3 is 1. The highest BCUT2D eigenvalue weighted by molar-refractivity contribution is 6.30. The van der Waals surface area contributed by atoms with Crippen molar-refractivity contribution in [3.05, 3.63) is 65.7 Å². The molecule has 0 unspecified atom stereocenters. The molecule has 2 aromatic carbocycles. The summed E-state index contributed by atoms with van der Waals surface area (Å²) in [4.78, 5) is 12.0. The van der Waals surface area contributed by atoms with E-state index in [0.717, 1.165) is 5.69 Å². The molecule has 0 bridgehead atoms. The van der Waals surface area contributed by atoms with Gasteiger partial charge in [0.2, 0.25) is 0 Å². The standard InChI is InChI=1S/C19H17ClN4O3/c1-26-15-4-2-3-5-16(15)27-12-19(25)22-18-11-10-17(23-24-18)21-14-8-6-13(20)7-9-14/h2-11H,12H2,1H3,(H,21,23)(H,22,24,25). The van der Waals surface area contributed by atoms with Crippen LogP contribution in [0, 0.1) is 0 Å². The Morgan fingerprint density at radius 3 is 2.30 bits per heavy atom. The third-order valence-electron chi connectivity index (χ3n) is 3.48. The summed E-state index contributed by atoms with van der Waals surface area (Å²) in [6, 6.07) is 17.7. The van der Waals surface area contributed by atoms with Crippen LogP contribution in [-0.2, 0) is 4.79 Å². The highest BCUT2D eigenvalue weighted by Gasteiger charge is 2.08. The van der Waals surface area contributed by atoms with Crippen LogP contribution in [-0.4, -0.2) is 29.8 Å². The van der Waals surface area contributed by atoms with Gasteiger partial charge in [-0.1, -0.05) is 23.7 Å². The van der Waals surface area contributed by atoms with E-state index < -0.39 is 0 Å². The van der Waals surface area contributed by atoms with E-state index in [4.69, 9.17) is 21.1 Å². The normalized spacial score (nSPS) is 10.1. The molecule has 1 heterocycles. The summed E-state index contributed by atoms with van der Waals surface area (Å²) in [5.74, 6) is 1.56. The number of nitrogens with one attached hydrogen (secondary N) is 2. The lowest BCUT2D eigenvalue weighted by atomic mass is 10.3. The van der Waals surface area contributed by atoms with E-state index >= 15 is 0 Å². The summed E-state index contributed by atoms with van der Waals surface area (Å²) in [5.41, 5.74) is 0.829. The van der Waals surface area contributed by atoms with E-state index in [9.17, 15) is 4.79 Å². The van der Waals surface area contributed by atoms with Crippen molar-refractivity contribution in [2.45, 2.75) is 0 Å². The zero-order valence-corrected chi connectivity index (χ0v) is 15.2. The number of ether oxygens (including phenoxy) is 2. The van der Waals surface area contributed by atoms with Gasteiger partial charge in [-0.3, -0.25) is 4.79 Å². The molecule has 7 nitrogen and oxygen atoms in total. The maximum atomic E-state index is 12.0. The zero-order valence-electron chi connectivity index (χ0n) is 14.5. The number of carbonyl (C=O) groups is 1. The van der Waals surface area contributed by atoms with Crippen LogP contribution in [0.3, 0.4) is 0 Å². The van der Waals surface area contributed by atoms with Gasteiger partial charge < -0.3 is 20.1 Å². The second kappa shape index (κ2) is 8.86. The van der Waals surface area contributed by atoms with Gasteiger partial charge in [-0.05, 0) is 48.5 Å². The fraction of sp³-hybridized carbons (Fsp3) is 0.105. The molecule has 2 N–H and O–H groups in total. The van der Waals surface area contributed by atoms with Gasteiger partial charge in [0, 0.05) is 10.7 Å². The summed E-state index contributed by atoms with van der Waals surface area (Å²) in [7, 11) is 1.54. The minimum absolute atomic E-state index is 0.174. The summed E-state index contributed by atoms with van der Waals surface area (Å²) in [6.45, 7) is -0.174. The van der Waals surface area contributed by atoms with E-state index in [0.29, 0.717) is 28.2 Å². The molecule has 0 radical (unpaired) electrons. The topological polar surface area (TPSA) is 85.4 Å². The maximum absolute atomic E-state index is 12.0. The number of nitrogens with zero attached hydrogens (tertiary/aromatic N) is 2. The first-order valence-electron chi connectivity index (χ1n) is 8.06. The maximum Gasteiger partial charge on any atom is 0.263 e. The Morgan fingerprint density at radius 2 is 1.63 bits per heavy atom. The molecule has 1 amide bonds. The number of aromatic nitrogens is 2. The molecule has 0 spiro atoms. The van der Waals surface area contributed by atoms with Crippen molar-refractivity contribution < 1.29 is 14.3 Å². The average molecular weight is 385 g/mol.